The first-order valence-corrected chi connectivity index (χ1v) is 10.6. The Bertz CT molecular complexity index is 1250. The lowest BCUT2D eigenvalue weighted by Crippen LogP contribution is -2.14. The third-order valence-corrected chi connectivity index (χ3v) is 5.64. The Morgan fingerprint density at radius 3 is 2.42 bits per heavy atom. The van der Waals surface area contributed by atoms with Crippen LogP contribution in [-0.4, -0.2) is 17.6 Å². The van der Waals surface area contributed by atoms with Gasteiger partial charge < -0.3 is 10.6 Å². The highest BCUT2D eigenvalue weighted by Gasteiger charge is 2.12. The summed E-state index contributed by atoms with van der Waals surface area (Å²) in [7, 11) is 0. The van der Waals surface area contributed by atoms with E-state index in [1.54, 1.807) is 24.3 Å². The van der Waals surface area contributed by atoms with Crippen molar-refractivity contribution in [3.8, 4) is 0 Å². The van der Waals surface area contributed by atoms with Crippen LogP contribution < -0.4 is 10.6 Å². The first-order valence-electron chi connectivity index (χ1n) is 9.66. The normalized spacial score (nSPS) is 10.6. The summed E-state index contributed by atoms with van der Waals surface area (Å²) in [4.78, 5) is 25.6. The van der Waals surface area contributed by atoms with Crippen LogP contribution in [0.1, 0.15) is 10.4 Å². The second kappa shape index (κ2) is 9.45. The molecule has 4 aromatic carbocycles. The molecule has 0 aliphatic heterocycles. The number of amides is 2. The lowest BCUT2D eigenvalue weighted by Gasteiger charge is -2.10. The van der Waals surface area contributed by atoms with E-state index in [-0.39, 0.29) is 17.2 Å². The van der Waals surface area contributed by atoms with Crippen molar-refractivity contribution < 1.29 is 14.0 Å². The monoisotopic (exact) mass is 430 g/mol. The molecule has 6 heteroatoms. The summed E-state index contributed by atoms with van der Waals surface area (Å²) < 4.78 is 13.8. The van der Waals surface area contributed by atoms with Crippen molar-refractivity contribution in [1.29, 1.82) is 0 Å². The quantitative estimate of drug-likeness (QED) is 0.371. The van der Waals surface area contributed by atoms with E-state index < -0.39 is 11.7 Å². The van der Waals surface area contributed by atoms with E-state index in [1.165, 1.54) is 30.0 Å². The number of thioether (sulfide) groups is 1. The number of nitrogens with one attached hydrogen (secondary N) is 2. The Kier molecular flexibility index (Phi) is 6.29. The van der Waals surface area contributed by atoms with E-state index in [2.05, 4.69) is 10.6 Å². The number of benzene rings is 4. The summed E-state index contributed by atoms with van der Waals surface area (Å²) in [5.74, 6) is -1.000. The van der Waals surface area contributed by atoms with Gasteiger partial charge in [-0.3, -0.25) is 9.59 Å². The highest BCUT2D eigenvalue weighted by molar-refractivity contribution is 8.00. The van der Waals surface area contributed by atoms with Crippen LogP contribution in [0.5, 0.6) is 0 Å². The summed E-state index contributed by atoms with van der Waals surface area (Å²) in [6.45, 7) is 0. The Balaban J connectivity index is 1.38. The summed E-state index contributed by atoms with van der Waals surface area (Å²) >= 11 is 1.36. The van der Waals surface area contributed by atoms with Crippen LogP contribution in [-0.2, 0) is 4.79 Å². The smallest absolute Gasteiger partial charge is 0.258 e. The van der Waals surface area contributed by atoms with Gasteiger partial charge in [-0.1, -0.05) is 54.6 Å². The minimum Gasteiger partial charge on any atom is -0.325 e. The van der Waals surface area contributed by atoms with E-state index in [0.29, 0.717) is 5.69 Å². The van der Waals surface area contributed by atoms with Crippen molar-refractivity contribution in [2.75, 3.05) is 16.4 Å². The first kappa shape index (κ1) is 20.6. The Morgan fingerprint density at radius 2 is 1.55 bits per heavy atom. The van der Waals surface area contributed by atoms with E-state index >= 15 is 0 Å². The second-order valence-electron chi connectivity index (χ2n) is 6.83. The lowest BCUT2D eigenvalue weighted by atomic mass is 10.1. The van der Waals surface area contributed by atoms with Crippen molar-refractivity contribution in [1.82, 2.24) is 0 Å². The molecule has 0 fully saturated rings. The van der Waals surface area contributed by atoms with Crippen LogP contribution in [0.25, 0.3) is 10.8 Å². The fraction of sp³-hybridized carbons (Fsp3) is 0.0400. The molecule has 0 radical (unpaired) electrons. The topological polar surface area (TPSA) is 58.2 Å². The number of hydrogen-bond donors (Lipinski definition) is 2. The van der Waals surface area contributed by atoms with Gasteiger partial charge in [0.15, 0.2) is 0 Å². The molecule has 4 aromatic rings. The van der Waals surface area contributed by atoms with E-state index in [9.17, 15) is 14.0 Å². The van der Waals surface area contributed by atoms with E-state index in [1.807, 2.05) is 48.5 Å². The summed E-state index contributed by atoms with van der Waals surface area (Å²) in [6, 6.07) is 26.6. The first-order chi connectivity index (χ1) is 15.1. The van der Waals surface area contributed by atoms with Crippen molar-refractivity contribution in [3.63, 3.8) is 0 Å². The average Bonchev–Trinajstić information content (AvgIpc) is 2.78. The standard InChI is InChI=1S/C25H19FN2O2S/c26-22-13-4-3-12-21(22)25(30)27-18-9-6-10-19(15-18)31-16-24(29)28-23-14-5-8-17-7-1-2-11-20(17)23/h1-15H,16H2,(H,27,30)(H,28,29). The number of anilines is 2. The second-order valence-corrected chi connectivity index (χ2v) is 7.87. The minimum absolute atomic E-state index is 0.0185. The van der Waals surface area contributed by atoms with Crippen LogP contribution in [0.15, 0.2) is 95.9 Å². The van der Waals surface area contributed by atoms with E-state index in [4.69, 9.17) is 0 Å². The van der Waals surface area contributed by atoms with Crippen molar-refractivity contribution in [3.05, 3.63) is 102 Å². The average molecular weight is 431 g/mol. The molecule has 4 nitrogen and oxygen atoms in total. The predicted molar refractivity (Wildman–Crippen MR) is 124 cm³/mol. The van der Waals surface area contributed by atoms with Crippen LogP contribution in [0.2, 0.25) is 0 Å². The highest BCUT2D eigenvalue weighted by atomic mass is 32.2. The molecule has 0 aromatic heterocycles. The molecule has 31 heavy (non-hydrogen) atoms. The third kappa shape index (κ3) is 5.10. The molecule has 2 amide bonds. The van der Waals surface area contributed by atoms with Crippen LogP contribution >= 0.6 is 11.8 Å². The van der Waals surface area contributed by atoms with Crippen LogP contribution in [0.3, 0.4) is 0 Å². The third-order valence-electron chi connectivity index (χ3n) is 4.64. The molecule has 0 atom stereocenters. The fourth-order valence-corrected chi connectivity index (χ4v) is 3.93. The fourth-order valence-electron chi connectivity index (χ4n) is 3.18. The Hall–Kier alpha value is -3.64. The predicted octanol–water partition coefficient (Wildman–Crippen LogP) is 5.96. The maximum absolute atomic E-state index is 13.8. The van der Waals surface area contributed by atoms with Gasteiger partial charge in [0.2, 0.25) is 5.91 Å². The molecule has 154 valence electrons. The van der Waals surface area contributed by atoms with Crippen molar-refractivity contribution >= 4 is 45.7 Å². The zero-order chi connectivity index (χ0) is 21.6. The molecule has 0 unspecified atom stereocenters. The van der Waals surface area contributed by atoms with E-state index in [0.717, 1.165) is 21.4 Å². The van der Waals surface area contributed by atoms with Crippen LogP contribution in [0, 0.1) is 5.82 Å². The zero-order valence-electron chi connectivity index (χ0n) is 16.5. The Morgan fingerprint density at radius 1 is 0.806 bits per heavy atom. The molecule has 0 bridgehead atoms. The summed E-state index contributed by atoms with van der Waals surface area (Å²) in [6.07, 6.45) is 0. The largest absolute Gasteiger partial charge is 0.325 e. The molecule has 0 aliphatic rings. The number of carbonyl (C=O) groups is 2. The molecule has 0 saturated carbocycles. The molecule has 4 rings (SSSR count). The van der Waals surface area contributed by atoms with Gasteiger partial charge >= 0.3 is 0 Å². The molecule has 0 aliphatic carbocycles. The van der Waals surface area contributed by atoms with Crippen molar-refractivity contribution in [2.24, 2.45) is 0 Å². The number of rotatable bonds is 6. The summed E-state index contributed by atoms with van der Waals surface area (Å²) in [5.41, 5.74) is 1.29. The van der Waals surface area contributed by atoms with Gasteiger partial charge in [0.1, 0.15) is 5.82 Å². The molecular weight excluding hydrogens is 411 g/mol. The SMILES string of the molecule is O=C(CSc1cccc(NC(=O)c2ccccc2F)c1)Nc1cccc2ccccc12. The molecule has 0 spiro atoms. The molecule has 2 N–H and O–H groups in total. The number of fused-ring (bicyclic) bond motifs is 1. The Labute approximate surface area is 183 Å². The van der Waals surface area contributed by atoms with Gasteiger partial charge in [0.05, 0.1) is 11.3 Å². The van der Waals surface area contributed by atoms with Gasteiger partial charge in [0.25, 0.3) is 5.91 Å². The minimum atomic E-state index is -0.573. The van der Waals surface area contributed by atoms with Gasteiger partial charge in [-0.2, -0.15) is 0 Å². The number of carbonyl (C=O) groups excluding carboxylic acids is 2. The van der Waals surface area contributed by atoms with Gasteiger partial charge in [-0.25, -0.2) is 4.39 Å². The lowest BCUT2D eigenvalue weighted by molar-refractivity contribution is -0.113. The molecule has 0 saturated heterocycles. The van der Waals surface area contributed by atoms with Gasteiger partial charge in [-0.05, 0) is 41.8 Å². The van der Waals surface area contributed by atoms with Gasteiger partial charge in [-0.15, -0.1) is 11.8 Å². The zero-order valence-corrected chi connectivity index (χ0v) is 17.3. The van der Waals surface area contributed by atoms with Crippen molar-refractivity contribution in [2.45, 2.75) is 4.90 Å². The highest BCUT2D eigenvalue weighted by Crippen LogP contribution is 2.25. The molecule has 0 heterocycles. The molecular formula is C25H19FN2O2S. The summed E-state index contributed by atoms with van der Waals surface area (Å²) in [5, 5.41) is 7.70. The number of hydrogen-bond acceptors (Lipinski definition) is 3. The van der Waals surface area contributed by atoms with Gasteiger partial charge in [0, 0.05) is 21.7 Å². The van der Waals surface area contributed by atoms with Crippen LogP contribution in [0.4, 0.5) is 15.8 Å². The maximum Gasteiger partial charge on any atom is 0.258 e. The maximum atomic E-state index is 13.8. The number of halogens is 1.